The van der Waals surface area contributed by atoms with Crippen molar-refractivity contribution in [3.63, 3.8) is 0 Å². The molecule has 1 atom stereocenters. The minimum absolute atomic E-state index is 0.121. The number of thiophene rings is 1. The zero-order valence-corrected chi connectivity index (χ0v) is 13.2. The van der Waals surface area contributed by atoms with Crippen molar-refractivity contribution in [2.45, 2.75) is 20.4 Å². The van der Waals surface area contributed by atoms with Crippen LogP contribution < -0.4 is 5.32 Å². The number of nitrogens with one attached hydrogen (secondary N) is 1. The number of alkyl carbamates (subject to hydrolysis) is 1. The van der Waals surface area contributed by atoms with Crippen molar-refractivity contribution in [1.29, 1.82) is 0 Å². The van der Waals surface area contributed by atoms with Crippen LogP contribution in [-0.2, 0) is 25.6 Å². The quantitative estimate of drug-likeness (QED) is 0.468. The van der Waals surface area contributed by atoms with Gasteiger partial charge in [-0.25, -0.2) is 4.79 Å². The van der Waals surface area contributed by atoms with Crippen LogP contribution in [0.5, 0.6) is 0 Å². The lowest BCUT2D eigenvalue weighted by molar-refractivity contribution is -0.148. The van der Waals surface area contributed by atoms with Crippen LogP contribution in [0, 0.1) is 5.92 Å². The Kier molecular flexibility index (Phi) is 7.84. The maximum Gasteiger partial charge on any atom is 0.413 e. The predicted octanol–water partition coefficient (Wildman–Crippen LogP) is 1.77. The van der Waals surface area contributed by atoms with E-state index in [1.807, 2.05) is 22.8 Å². The summed E-state index contributed by atoms with van der Waals surface area (Å²) in [4.78, 5) is 40.0. The highest BCUT2D eigenvalue weighted by Gasteiger charge is 2.28. The maximum atomic E-state index is 11.9. The average Bonchev–Trinajstić information content (AvgIpc) is 2.97. The topological polar surface area (TPSA) is 94.1 Å². The molecule has 0 aliphatic heterocycles. The predicted molar refractivity (Wildman–Crippen MR) is 81.8 cm³/mol. The van der Waals surface area contributed by atoms with E-state index >= 15 is 0 Å². The van der Waals surface area contributed by atoms with Gasteiger partial charge in [0.25, 0.3) is 0 Å². The number of hydrogen-bond acceptors (Lipinski definition) is 7. The van der Waals surface area contributed by atoms with Crippen LogP contribution in [0.1, 0.15) is 18.7 Å². The smallest absolute Gasteiger partial charge is 0.413 e. The first-order chi connectivity index (χ1) is 10.6. The molecule has 8 heteroatoms. The fraction of sp³-hybridized carbons (Fsp3) is 0.429. The van der Waals surface area contributed by atoms with Crippen LogP contribution in [0.2, 0.25) is 0 Å². The average molecular weight is 326 g/mol. The van der Waals surface area contributed by atoms with Crippen LogP contribution in [0.25, 0.3) is 0 Å². The molecule has 0 radical (unpaired) electrons. The first-order valence-electron chi connectivity index (χ1n) is 6.75. The molecule has 0 unspecified atom stereocenters. The molecule has 0 aliphatic carbocycles. The number of carbonyl (C=O) groups excluding carboxylic acids is 3. The molecule has 2 amide bonds. The monoisotopic (exact) mass is 326 g/mol. The molecule has 0 bridgehead atoms. The first-order valence-corrected chi connectivity index (χ1v) is 7.63. The first kappa shape index (κ1) is 17.8. The van der Waals surface area contributed by atoms with Crippen LogP contribution in [0.15, 0.2) is 22.5 Å². The van der Waals surface area contributed by atoms with Gasteiger partial charge in [0.2, 0.25) is 5.91 Å². The van der Waals surface area contributed by atoms with Gasteiger partial charge in [-0.2, -0.15) is 0 Å². The largest absolute Gasteiger partial charge is 0.465 e. The van der Waals surface area contributed by atoms with Crippen molar-refractivity contribution in [2.24, 2.45) is 10.9 Å². The molecule has 7 nitrogen and oxygen atoms in total. The number of aliphatic imine (C=N–C) groups is 1. The summed E-state index contributed by atoms with van der Waals surface area (Å²) in [5, 5.41) is 3.88. The lowest BCUT2D eigenvalue weighted by Gasteiger charge is -2.10. The van der Waals surface area contributed by atoms with Gasteiger partial charge in [0.15, 0.2) is 5.92 Å². The SMILES string of the molecule is CCOC(=O)NC(=O)[C@@H](C=NCc1cccs1)C(=O)OCC. The lowest BCUT2D eigenvalue weighted by Crippen LogP contribution is -2.40. The van der Waals surface area contributed by atoms with E-state index in [9.17, 15) is 14.4 Å². The molecule has 1 aromatic rings. The number of imide groups is 1. The lowest BCUT2D eigenvalue weighted by atomic mass is 10.1. The van der Waals surface area contributed by atoms with Crippen LogP contribution in [0.3, 0.4) is 0 Å². The van der Waals surface area contributed by atoms with Gasteiger partial charge in [-0.3, -0.25) is 19.9 Å². The summed E-state index contributed by atoms with van der Waals surface area (Å²) < 4.78 is 9.41. The van der Waals surface area contributed by atoms with E-state index in [1.54, 1.807) is 13.8 Å². The molecule has 0 aromatic carbocycles. The van der Waals surface area contributed by atoms with Crippen LogP contribution >= 0.6 is 11.3 Å². The van der Waals surface area contributed by atoms with Gasteiger partial charge < -0.3 is 9.47 Å². The highest BCUT2D eigenvalue weighted by Crippen LogP contribution is 2.09. The standard InChI is InChI=1S/C14H18N2O5S/c1-3-20-13(18)11(12(17)16-14(19)21-4-2)9-15-8-10-6-5-7-22-10/h5-7,9,11H,3-4,8H2,1-2H3,(H,16,17,19)/t11-/m1/s1. The Morgan fingerprint density at radius 3 is 2.64 bits per heavy atom. The number of carbonyl (C=O) groups is 3. The van der Waals surface area contributed by atoms with E-state index in [0.717, 1.165) is 4.88 Å². The summed E-state index contributed by atoms with van der Waals surface area (Å²) in [5.41, 5.74) is 0. The van der Waals surface area contributed by atoms with Crippen molar-refractivity contribution in [1.82, 2.24) is 5.32 Å². The van der Waals surface area contributed by atoms with Gasteiger partial charge in [-0.05, 0) is 25.3 Å². The summed E-state index contributed by atoms with van der Waals surface area (Å²) in [6.07, 6.45) is 0.278. The summed E-state index contributed by atoms with van der Waals surface area (Å²) >= 11 is 1.51. The number of hydrogen-bond donors (Lipinski definition) is 1. The van der Waals surface area contributed by atoms with Gasteiger partial charge in [-0.1, -0.05) is 6.07 Å². The molecule has 22 heavy (non-hydrogen) atoms. The minimum Gasteiger partial charge on any atom is -0.465 e. The van der Waals surface area contributed by atoms with E-state index in [2.05, 4.69) is 9.73 Å². The van der Waals surface area contributed by atoms with E-state index in [1.165, 1.54) is 17.6 Å². The fourth-order valence-electron chi connectivity index (χ4n) is 1.46. The molecular formula is C14H18N2O5S. The second-order valence-corrected chi connectivity index (χ2v) is 5.04. The van der Waals surface area contributed by atoms with E-state index in [4.69, 9.17) is 4.74 Å². The van der Waals surface area contributed by atoms with E-state index in [0.29, 0.717) is 6.54 Å². The van der Waals surface area contributed by atoms with Crippen molar-refractivity contribution in [2.75, 3.05) is 13.2 Å². The van der Waals surface area contributed by atoms with Gasteiger partial charge in [0, 0.05) is 11.1 Å². The van der Waals surface area contributed by atoms with E-state index < -0.39 is 23.9 Å². The molecule has 0 aliphatic rings. The van der Waals surface area contributed by atoms with Gasteiger partial charge in [0.05, 0.1) is 19.8 Å². The molecule has 1 aromatic heterocycles. The summed E-state index contributed by atoms with van der Waals surface area (Å²) in [5.74, 6) is -2.88. The molecule has 0 saturated carbocycles. The molecule has 1 rings (SSSR count). The molecule has 120 valence electrons. The number of esters is 1. The van der Waals surface area contributed by atoms with Crippen LogP contribution in [-0.4, -0.2) is 37.4 Å². The Bertz CT molecular complexity index is 527. The fourth-order valence-corrected chi connectivity index (χ4v) is 2.10. The molecule has 1 N–H and O–H groups in total. The van der Waals surface area contributed by atoms with Gasteiger partial charge >= 0.3 is 12.1 Å². The van der Waals surface area contributed by atoms with Crippen molar-refractivity contribution >= 4 is 35.5 Å². The molecule has 0 fully saturated rings. The second-order valence-electron chi connectivity index (χ2n) is 4.01. The highest BCUT2D eigenvalue weighted by atomic mass is 32.1. The number of nitrogens with zero attached hydrogens (tertiary/aromatic N) is 1. The highest BCUT2D eigenvalue weighted by molar-refractivity contribution is 7.09. The summed E-state index contributed by atoms with van der Waals surface area (Å²) in [6.45, 7) is 3.83. The normalized spacial score (nSPS) is 11.9. The third-order valence-electron chi connectivity index (χ3n) is 2.41. The zero-order chi connectivity index (χ0) is 16.4. The second kappa shape index (κ2) is 9.67. The number of rotatable bonds is 7. The zero-order valence-electron chi connectivity index (χ0n) is 12.4. The summed E-state index contributed by atoms with van der Waals surface area (Å²) in [6, 6.07) is 3.77. The van der Waals surface area contributed by atoms with Gasteiger partial charge in [-0.15, -0.1) is 11.3 Å². The molecule has 0 spiro atoms. The van der Waals surface area contributed by atoms with E-state index in [-0.39, 0.29) is 13.2 Å². The van der Waals surface area contributed by atoms with Crippen molar-refractivity contribution < 1.29 is 23.9 Å². The van der Waals surface area contributed by atoms with Gasteiger partial charge in [0.1, 0.15) is 0 Å². The van der Waals surface area contributed by atoms with Crippen molar-refractivity contribution in [3.05, 3.63) is 22.4 Å². The Morgan fingerprint density at radius 1 is 1.32 bits per heavy atom. The maximum absolute atomic E-state index is 11.9. The molecule has 0 saturated heterocycles. The third kappa shape index (κ3) is 6.04. The number of ether oxygens (including phenoxy) is 2. The molecular weight excluding hydrogens is 308 g/mol. The van der Waals surface area contributed by atoms with Crippen molar-refractivity contribution in [3.8, 4) is 0 Å². The Labute approximate surface area is 132 Å². The Morgan fingerprint density at radius 2 is 2.05 bits per heavy atom. The summed E-state index contributed by atoms with van der Waals surface area (Å²) in [7, 11) is 0. The van der Waals surface area contributed by atoms with Crippen LogP contribution in [0.4, 0.5) is 4.79 Å². The number of amides is 2. The Hall–Kier alpha value is -2.22. The minimum atomic E-state index is -1.29. The Balaban J connectivity index is 2.70. The third-order valence-corrected chi connectivity index (χ3v) is 3.27. The molecule has 1 heterocycles.